The Hall–Kier alpha value is -1.19. The summed E-state index contributed by atoms with van der Waals surface area (Å²) in [5.74, 6) is 1.01. The molecule has 0 heterocycles. The fourth-order valence-electron chi connectivity index (χ4n) is 5.75. The molecule has 9 unspecified atom stereocenters. The van der Waals surface area contributed by atoms with Crippen LogP contribution in [0.3, 0.4) is 0 Å². The van der Waals surface area contributed by atoms with Gasteiger partial charge < -0.3 is 38.0 Å². The fourth-order valence-corrected chi connectivity index (χ4v) is 5.75. The number of nitrogens with one attached hydrogen (secondary N) is 2. The van der Waals surface area contributed by atoms with Crippen molar-refractivity contribution in [2.75, 3.05) is 13.6 Å². The number of aliphatic hydroxyl groups excluding tert-OH is 2. The Kier molecular flexibility index (Phi) is 10.9. The van der Waals surface area contributed by atoms with Gasteiger partial charge in [0.1, 0.15) is 6.10 Å². The molecule has 2 saturated carbocycles. The van der Waals surface area contributed by atoms with Crippen molar-refractivity contribution in [1.29, 1.82) is 0 Å². The van der Waals surface area contributed by atoms with Crippen molar-refractivity contribution in [1.82, 2.24) is 10.6 Å². The fraction of sp³-hybridized carbons (Fsp3) is 0.875. The molecule has 0 aromatic carbocycles. The maximum atomic E-state index is 12.5. The predicted molar refractivity (Wildman–Crippen MR) is 128 cm³/mol. The first kappa shape index (κ1) is 27.1. The molecule has 0 aliphatic heterocycles. The van der Waals surface area contributed by atoms with Crippen molar-refractivity contribution >= 4 is 5.91 Å². The van der Waals surface area contributed by atoms with Gasteiger partial charge in [-0.25, -0.2) is 0 Å². The summed E-state index contributed by atoms with van der Waals surface area (Å²) in [6.45, 7) is 6.62. The molecule has 0 aromatic heterocycles. The number of rotatable bonds is 11. The molecule has 2 fully saturated rings. The Labute approximate surface area is 193 Å². The van der Waals surface area contributed by atoms with E-state index < -0.39 is 12.2 Å². The summed E-state index contributed by atoms with van der Waals surface area (Å²) in [5.41, 5.74) is 19.1. The minimum absolute atomic E-state index is 0.0146. The average Bonchev–Trinajstić information content (AvgIpc) is 2.73. The third-order valence-corrected chi connectivity index (χ3v) is 7.70. The quantitative estimate of drug-likeness (QED) is 0.241. The lowest BCUT2D eigenvalue weighted by Crippen LogP contribution is -2.54. The maximum Gasteiger partial charge on any atom is 0.249 e. The van der Waals surface area contributed by atoms with Crippen LogP contribution in [0.2, 0.25) is 0 Å². The first-order chi connectivity index (χ1) is 15.2. The van der Waals surface area contributed by atoms with E-state index in [9.17, 15) is 15.0 Å². The SMILES string of the molecule is C=C(N)C(O)CC1CC(CC2CC(CNC)CCC2N)C(N)CC1NC(=O)C(O)CCC. The summed E-state index contributed by atoms with van der Waals surface area (Å²) < 4.78 is 0. The zero-order valence-corrected chi connectivity index (χ0v) is 20.0. The van der Waals surface area contributed by atoms with Crippen molar-refractivity contribution in [2.45, 2.75) is 95.0 Å². The van der Waals surface area contributed by atoms with Crippen LogP contribution in [-0.2, 0) is 4.79 Å². The zero-order valence-electron chi connectivity index (χ0n) is 20.0. The molecule has 0 bridgehead atoms. The molecular formula is C24H47N5O3. The minimum atomic E-state index is -1.02. The molecule has 8 nitrogen and oxygen atoms in total. The normalized spacial score (nSPS) is 35.1. The number of hydrogen-bond acceptors (Lipinski definition) is 7. The Morgan fingerprint density at radius 2 is 1.75 bits per heavy atom. The molecule has 0 radical (unpaired) electrons. The van der Waals surface area contributed by atoms with E-state index >= 15 is 0 Å². The van der Waals surface area contributed by atoms with Crippen LogP contribution in [0, 0.1) is 23.7 Å². The maximum absolute atomic E-state index is 12.5. The zero-order chi connectivity index (χ0) is 23.8. The smallest absolute Gasteiger partial charge is 0.249 e. The highest BCUT2D eigenvalue weighted by Gasteiger charge is 2.40. The topological polar surface area (TPSA) is 160 Å². The van der Waals surface area contributed by atoms with Crippen LogP contribution < -0.4 is 27.8 Å². The van der Waals surface area contributed by atoms with Crippen molar-refractivity contribution in [3.05, 3.63) is 12.3 Å². The van der Waals surface area contributed by atoms with Crippen LogP contribution in [-0.4, -0.2) is 60.0 Å². The van der Waals surface area contributed by atoms with Gasteiger partial charge in [0.25, 0.3) is 0 Å². The van der Waals surface area contributed by atoms with E-state index in [-0.39, 0.29) is 41.6 Å². The van der Waals surface area contributed by atoms with E-state index in [4.69, 9.17) is 17.2 Å². The lowest BCUT2D eigenvalue weighted by atomic mass is 9.67. The second-order valence-corrected chi connectivity index (χ2v) is 10.3. The van der Waals surface area contributed by atoms with Gasteiger partial charge in [0.15, 0.2) is 0 Å². The molecule has 186 valence electrons. The van der Waals surface area contributed by atoms with Gasteiger partial charge >= 0.3 is 0 Å². The third kappa shape index (κ3) is 7.70. The van der Waals surface area contributed by atoms with Gasteiger partial charge in [-0.05, 0) is 88.6 Å². The lowest BCUT2D eigenvalue weighted by Gasteiger charge is -2.44. The highest BCUT2D eigenvalue weighted by atomic mass is 16.3. The summed E-state index contributed by atoms with van der Waals surface area (Å²) in [6.07, 6.45) is 5.43. The van der Waals surface area contributed by atoms with E-state index in [2.05, 4.69) is 17.2 Å². The van der Waals surface area contributed by atoms with E-state index in [1.54, 1.807) is 0 Å². The lowest BCUT2D eigenvalue weighted by molar-refractivity contribution is -0.131. The van der Waals surface area contributed by atoms with Crippen molar-refractivity contribution in [3.8, 4) is 0 Å². The van der Waals surface area contributed by atoms with Crippen molar-refractivity contribution in [2.24, 2.45) is 40.9 Å². The second-order valence-electron chi connectivity index (χ2n) is 10.3. The first-order valence-corrected chi connectivity index (χ1v) is 12.4. The van der Waals surface area contributed by atoms with Crippen LogP contribution in [0.1, 0.15) is 64.7 Å². The highest BCUT2D eigenvalue weighted by molar-refractivity contribution is 5.80. The molecule has 8 heteroatoms. The largest absolute Gasteiger partial charge is 0.400 e. The first-order valence-electron chi connectivity index (χ1n) is 12.4. The number of hydrogen-bond donors (Lipinski definition) is 7. The number of carbonyl (C=O) groups is 1. The molecule has 9 atom stereocenters. The van der Waals surface area contributed by atoms with Crippen LogP contribution in [0.15, 0.2) is 12.3 Å². The monoisotopic (exact) mass is 453 g/mol. The molecule has 2 aliphatic rings. The molecule has 32 heavy (non-hydrogen) atoms. The molecule has 2 aliphatic carbocycles. The molecule has 0 saturated heterocycles. The van der Waals surface area contributed by atoms with Crippen LogP contribution >= 0.6 is 0 Å². The van der Waals surface area contributed by atoms with E-state index in [0.29, 0.717) is 31.1 Å². The molecule has 1 amide bonds. The highest BCUT2D eigenvalue weighted by Crippen LogP contribution is 2.39. The van der Waals surface area contributed by atoms with Crippen LogP contribution in [0.5, 0.6) is 0 Å². The molecule has 2 rings (SSSR count). The van der Waals surface area contributed by atoms with Gasteiger partial charge in [-0.15, -0.1) is 0 Å². The standard InChI is InChI=1S/C24H47N5O3/c1-4-5-22(30)24(32)29-21-12-20(27)17(10-18(21)11-23(31)14(2)25)9-16-8-15(13-28-3)6-7-19(16)26/h15-23,28,30-31H,2,4-13,25-27H2,1,3H3,(H,29,32). The van der Waals surface area contributed by atoms with E-state index in [0.717, 1.165) is 45.1 Å². The third-order valence-electron chi connectivity index (χ3n) is 7.70. The van der Waals surface area contributed by atoms with Gasteiger partial charge in [-0.3, -0.25) is 4.79 Å². The second kappa shape index (κ2) is 12.9. The Balaban J connectivity index is 2.08. The molecule has 0 aromatic rings. The van der Waals surface area contributed by atoms with E-state index in [1.165, 1.54) is 0 Å². The van der Waals surface area contributed by atoms with E-state index in [1.807, 2.05) is 14.0 Å². The number of carbonyl (C=O) groups excluding carboxylic acids is 1. The number of aliphatic hydroxyl groups is 2. The molecule has 10 N–H and O–H groups in total. The Morgan fingerprint density at radius 1 is 1.06 bits per heavy atom. The molecular weight excluding hydrogens is 406 g/mol. The van der Waals surface area contributed by atoms with Gasteiger partial charge in [0, 0.05) is 23.8 Å². The van der Waals surface area contributed by atoms with Crippen LogP contribution in [0.25, 0.3) is 0 Å². The van der Waals surface area contributed by atoms with Crippen molar-refractivity contribution in [3.63, 3.8) is 0 Å². The number of amides is 1. The average molecular weight is 454 g/mol. The van der Waals surface area contributed by atoms with Crippen molar-refractivity contribution < 1.29 is 15.0 Å². The van der Waals surface area contributed by atoms with Gasteiger partial charge in [0.05, 0.1) is 6.10 Å². The van der Waals surface area contributed by atoms with Crippen LogP contribution in [0.4, 0.5) is 0 Å². The number of nitrogens with two attached hydrogens (primary N) is 3. The minimum Gasteiger partial charge on any atom is -0.400 e. The summed E-state index contributed by atoms with van der Waals surface area (Å²) in [7, 11) is 1.99. The Morgan fingerprint density at radius 3 is 2.38 bits per heavy atom. The Bertz CT molecular complexity index is 604. The summed E-state index contributed by atoms with van der Waals surface area (Å²) >= 11 is 0. The summed E-state index contributed by atoms with van der Waals surface area (Å²) in [6, 6.07) is -0.0638. The van der Waals surface area contributed by atoms with Gasteiger partial charge in [-0.1, -0.05) is 19.9 Å². The molecule has 0 spiro atoms. The van der Waals surface area contributed by atoms with Gasteiger partial charge in [-0.2, -0.15) is 0 Å². The summed E-state index contributed by atoms with van der Waals surface area (Å²) in [4.78, 5) is 12.5. The summed E-state index contributed by atoms with van der Waals surface area (Å²) in [5, 5.41) is 26.8. The predicted octanol–water partition coefficient (Wildman–Crippen LogP) is 0.562. The van der Waals surface area contributed by atoms with Gasteiger partial charge in [0.2, 0.25) is 5.91 Å².